The SMILES string of the molecule is O[C@@H]1C[C@H]2CN(Cc3ccccc3Cn3cccn3)C[C@H]2C[C@H]1n1cncn1. The molecule has 5 rings (SSSR count). The van der Waals surface area contributed by atoms with Crippen LogP contribution in [0.2, 0.25) is 0 Å². The zero-order chi connectivity index (χ0) is 18.9. The van der Waals surface area contributed by atoms with Gasteiger partial charge >= 0.3 is 0 Å². The van der Waals surface area contributed by atoms with Gasteiger partial charge in [-0.15, -0.1) is 0 Å². The quantitative estimate of drug-likeness (QED) is 0.735. The molecular formula is C21H26N6O. The minimum Gasteiger partial charge on any atom is -0.391 e. The van der Waals surface area contributed by atoms with E-state index in [1.54, 1.807) is 12.7 Å². The second kappa shape index (κ2) is 7.48. The number of likely N-dealkylation sites (tertiary alicyclic amines) is 1. The second-order valence-corrected chi connectivity index (χ2v) is 8.17. The fourth-order valence-electron chi connectivity index (χ4n) is 4.98. The van der Waals surface area contributed by atoms with Crippen LogP contribution in [0.5, 0.6) is 0 Å². The molecule has 2 fully saturated rings. The van der Waals surface area contributed by atoms with Crippen molar-refractivity contribution in [1.29, 1.82) is 0 Å². The summed E-state index contributed by atoms with van der Waals surface area (Å²) in [6.07, 6.45) is 8.59. The van der Waals surface area contributed by atoms with Crippen molar-refractivity contribution < 1.29 is 5.11 Å². The number of hydrogen-bond donors (Lipinski definition) is 1. The Kier molecular flexibility index (Phi) is 4.70. The van der Waals surface area contributed by atoms with Crippen LogP contribution < -0.4 is 0 Å². The number of aliphatic hydroxyl groups excluding tert-OH is 1. The van der Waals surface area contributed by atoms with Crippen LogP contribution >= 0.6 is 0 Å². The van der Waals surface area contributed by atoms with Crippen LogP contribution in [0.15, 0.2) is 55.4 Å². The van der Waals surface area contributed by atoms with Crippen LogP contribution in [0.3, 0.4) is 0 Å². The van der Waals surface area contributed by atoms with Crippen molar-refractivity contribution in [2.45, 2.75) is 38.1 Å². The van der Waals surface area contributed by atoms with E-state index in [4.69, 9.17) is 0 Å². The van der Waals surface area contributed by atoms with Gasteiger partial charge in [-0.2, -0.15) is 10.2 Å². The van der Waals surface area contributed by atoms with E-state index in [1.807, 2.05) is 27.8 Å². The smallest absolute Gasteiger partial charge is 0.137 e. The number of fused-ring (bicyclic) bond motifs is 1. The monoisotopic (exact) mass is 378 g/mol. The maximum atomic E-state index is 10.6. The Balaban J connectivity index is 1.27. The molecule has 0 spiro atoms. The van der Waals surface area contributed by atoms with Gasteiger partial charge in [0.2, 0.25) is 0 Å². The third kappa shape index (κ3) is 3.47. The van der Waals surface area contributed by atoms with Crippen molar-refractivity contribution in [2.24, 2.45) is 11.8 Å². The number of aliphatic hydroxyl groups is 1. The van der Waals surface area contributed by atoms with Crippen molar-refractivity contribution in [3.63, 3.8) is 0 Å². The molecule has 1 saturated heterocycles. The van der Waals surface area contributed by atoms with E-state index in [0.717, 1.165) is 39.0 Å². The molecule has 1 N–H and O–H groups in total. The van der Waals surface area contributed by atoms with E-state index in [0.29, 0.717) is 11.8 Å². The van der Waals surface area contributed by atoms with Crippen molar-refractivity contribution in [2.75, 3.05) is 13.1 Å². The van der Waals surface area contributed by atoms with Crippen molar-refractivity contribution in [3.05, 3.63) is 66.5 Å². The Hall–Kier alpha value is -2.51. The molecule has 0 bridgehead atoms. The van der Waals surface area contributed by atoms with Gasteiger partial charge in [0, 0.05) is 32.0 Å². The molecule has 3 aromatic rings. The lowest BCUT2D eigenvalue weighted by Crippen LogP contribution is -2.36. The molecule has 1 aliphatic carbocycles. The first-order chi connectivity index (χ1) is 13.8. The van der Waals surface area contributed by atoms with Crippen molar-refractivity contribution in [3.8, 4) is 0 Å². The Bertz CT molecular complexity index is 894. The third-order valence-corrected chi connectivity index (χ3v) is 6.36. The first kappa shape index (κ1) is 17.6. The van der Waals surface area contributed by atoms with Gasteiger partial charge < -0.3 is 5.11 Å². The normalized spacial score (nSPS) is 27.8. The Morgan fingerprint density at radius 1 is 0.964 bits per heavy atom. The molecule has 2 aromatic heterocycles. The summed E-state index contributed by atoms with van der Waals surface area (Å²) in [7, 11) is 0. The Morgan fingerprint density at radius 2 is 1.75 bits per heavy atom. The number of hydrogen-bond acceptors (Lipinski definition) is 5. The number of aromatic nitrogens is 5. The maximum absolute atomic E-state index is 10.6. The van der Waals surface area contributed by atoms with Gasteiger partial charge in [0.1, 0.15) is 12.7 Å². The minimum atomic E-state index is -0.338. The zero-order valence-electron chi connectivity index (χ0n) is 15.9. The molecule has 0 amide bonds. The number of nitrogens with zero attached hydrogens (tertiary/aromatic N) is 6. The summed E-state index contributed by atoms with van der Waals surface area (Å²) < 4.78 is 3.81. The van der Waals surface area contributed by atoms with Crippen LogP contribution in [0.1, 0.15) is 30.0 Å². The zero-order valence-corrected chi connectivity index (χ0v) is 15.9. The summed E-state index contributed by atoms with van der Waals surface area (Å²) in [5, 5.41) is 19.2. The van der Waals surface area contributed by atoms with Crippen LogP contribution in [-0.4, -0.2) is 53.7 Å². The summed E-state index contributed by atoms with van der Waals surface area (Å²) in [5.74, 6) is 1.17. The highest BCUT2D eigenvalue weighted by Gasteiger charge is 2.42. The predicted molar refractivity (Wildman–Crippen MR) is 104 cm³/mol. The third-order valence-electron chi connectivity index (χ3n) is 6.36. The lowest BCUT2D eigenvalue weighted by Gasteiger charge is -2.35. The van der Waals surface area contributed by atoms with Crippen LogP contribution in [0, 0.1) is 11.8 Å². The van der Waals surface area contributed by atoms with Crippen molar-refractivity contribution >= 4 is 0 Å². The lowest BCUT2D eigenvalue weighted by atomic mass is 9.77. The standard InChI is InChI=1S/C21H26N6O/c28-21-9-19-12-25(11-18(19)8-20(21)27-15-22-14-24-27)10-16-4-1-2-5-17(16)13-26-7-3-6-23-26/h1-7,14-15,18-21,28H,8-13H2/t18-,19+,20-,21-/m1/s1. The van der Waals surface area contributed by atoms with E-state index < -0.39 is 0 Å². The maximum Gasteiger partial charge on any atom is 0.137 e. The second-order valence-electron chi connectivity index (χ2n) is 8.17. The topological polar surface area (TPSA) is 72.0 Å². The molecule has 4 atom stereocenters. The van der Waals surface area contributed by atoms with Crippen molar-refractivity contribution in [1.82, 2.24) is 29.4 Å². The summed E-state index contributed by atoms with van der Waals surface area (Å²) in [6.45, 7) is 3.89. The predicted octanol–water partition coefficient (Wildman–Crippen LogP) is 1.97. The molecule has 7 heteroatoms. The van der Waals surface area contributed by atoms with Gasteiger partial charge in [0.25, 0.3) is 0 Å². The highest BCUT2D eigenvalue weighted by molar-refractivity contribution is 5.27. The van der Waals surface area contributed by atoms with Crippen LogP contribution in [0.4, 0.5) is 0 Å². The van der Waals surface area contributed by atoms with Crippen LogP contribution in [-0.2, 0) is 13.1 Å². The molecule has 0 unspecified atom stereocenters. The van der Waals surface area contributed by atoms with Gasteiger partial charge in [-0.1, -0.05) is 24.3 Å². The first-order valence-corrected chi connectivity index (χ1v) is 10.0. The fourth-order valence-corrected chi connectivity index (χ4v) is 4.98. The summed E-state index contributed by atoms with van der Waals surface area (Å²) in [4.78, 5) is 6.60. The highest BCUT2D eigenvalue weighted by atomic mass is 16.3. The molecule has 146 valence electrons. The highest BCUT2D eigenvalue weighted by Crippen LogP contribution is 2.41. The molecule has 1 aliphatic heterocycles. The summed E-state index contributed by atoms with van der Waals surface area (Å²) in [6, 6.07) is 10.7. The Morgan fingerprint density at radius 3 is 2.46 bits per heavy atom. The molecule has 0 radical (unpaired) electrons. The average Bonchev–Trinajstić information content (AvgIpc) is 3.44. The minimum absolute atomic E-state index is 0.0517. The van der Waals surface area contributed by atoms with E-state index in [9.17, 15) is 5.11 Å². The van der Waals surface area contributed by atoms with E-state index in [2.05, 4.69) is 44.3 Å². The summed E-state index contributed by atoms with van der Waals surface area (Å²) >= 11 is 0. The fraction of sp³-hybridized carbons (Fsp3) is 0.476. The van der Waals surface area contributed by atoms with Crippen LogP contribution in [0.25, 0.3) is 0 Å². The van der Waals surface area contributed by atoms with Gasteiger partial charge in [-0.25, -0.2) is 9.67 Å². The van der Waals surface area contributed by atoms with Gasteiger partial charge in [-0.05, 0) is 41.9 Å². The molecule has 1 saturated carbocycles. The van der Waals surface area contributed by atoms with Gasteiger partial charge in [-0.3, -0.25) is 9.58 Å². The summed E-state index contributed by atoms with van der Waals surface area (Å²) in [5.41, 5.74) is 2.69. The number of benzene rings is 1. The molecule has 2 aliphatic rings. The average molecular weight is 378 g/mol. The van der Waals surface area contributed by atoms with E-state index in [-0.39, 0.29) is 12.1 Å². The lowest BCUT2D eigenvalue weighted by molar-refractivity contribution is 0.0304. The van der Waals surface area contributed by atoms with E-state index >= 15 is 0 Å². The van der Waals surface area contributed by atoms with Gasteiger partial charge in [0.15, 0.2) is 0 Å². The first-order valence-electron chi connectivity index (χ1n) is 10.0. The van der Waals surface area contributed by atoms with Gasteiger partial charge in [0.05, 0.1) is 18.7 Å². The number of rotatable bonds is 5. The largest absolute Gasteiger partial charge is 0.391 e. The molecule has 28 heavy (non-hydrogen) atoms. The Labute approximate surface area is 164 Å². The molecule has 1 aromatic carbocycles. The van der Waals surface area contributed by atoms with E-state index in [1.165, 1.54) is 11.1 Å². The molecule has 7 nitrogen and oxygen atoms in total. The molecular weight excluding hydrogens is 352 g/mol. The molecule has 3 heterocycles.